The summed E-state index contributed by atoms with van der Waals surface area (Å²) >= 11 is 0. The Balaban J connectivity index is 3.27. The Labute approximate surface area is 104 Å². The van der Waals surface area contributed by atoms with Crippen LogP contribution in [0.3, 0.4) is 0 Å². The van der Waals surface area contributed by atoms with Crippen LogP contribution in [0.4, 0.5) is 22.0 Å². The Morgan fingerprint density at radius 1 is 0.947 bits per heavy atom. The number of allylic oxidation sites excluding steroid dienone is 2. The topological polar surface area (TPSA) is 37.3 Å². The number of halogens is 5. The Bertz CT molecular complexity index is 561. The van der Waals surface area contributed by atoms with E-state index >= 15 is 0 Å². The molecule has 0 saturated heterocycles. The number of aliphatic carboxylic acids is 1. The normalized spacial score (nSPS) is 12.2. The summed E-state index contributed by atoms with van der Waals surface area (Å²) in [4.78, 5) is 10.4. The SMILES string of the molecule is CC(=CC=Cc1c(F)c(F)c(F)c(F)c1F)C(=O)O. The standard InChI is InChI=1S/C12H7F5O2/c1-5(12(18)19)3-2-4-6-7(13)9(15)11(17)10(16)8(6)14/h2-4H,1H3,(H,18,19). The lowest BCUT2D eigenvalue weighted by Crippen LogP contribution is -2.03. The predicted molar refractivity (Wildman–Crippen MR) is 56.7 cm³/mol. The number of carboxylic acids is 1. The molecule has 0 aromatic heterocycles. The van der Waals surface area contributed by atoms with Crippen LogP contribution in [-0.2, 0) is 4.79 Å². The fourth-order valence-corrected chi connectivity index (χ4v) is 1.13. The number of hydrogen-bond donors (Lipinski definition) is 1. The number of hydrogen-bond acceptors (Lipinski definition) is 1. The molecule has 0 amide bonds. The third kappa shape index (κ3) is 2.98. The van der Waals surface area contributed by atoms with Gasteiger partial charge in [-0.2, -0.15) is 0 Å². The van der Waals surface area contributed by atoms with Crippen molar-refractivity contribution in [2.24, 2.45) is 0 Å². The molecule has 2 nitrogen and oxygen atoms in total. The average molecular weight is 278 g/mol. The molecule has 0 spiro atoms. The molecule has 1 rings (SSSR count). The van der Waals surface area contributed by atoms with Gasteiger partial charge in [-0.05, 0) is 13.0 Å². The van der Waals surface area contributed by atoms with Crippen LogP contribution in [0.2, 0.25) is 0 Å². The highest BCUT2D eigenvalue weighted by atomic mass is 19.2. The van der Waals surface area contributed by atoms with Crippen LogP contribution in [-0.4, -0.2) is 11.1 Å². The monoisotopic (exact) mass is 278 g/mol. The molecule has 0 atom stereocenters. The molecule has 0 saturated carbocycles. The highest BCUT2D eigenvalue weighted by molar-refractivity contribution is 5.86. The van der Waals surface area contributed by atoms with Gasteiger partial charge in [0.2, 0.25) is 5.82 Å². The fourth-order valence-electron chi connectivity index (χ4n) is 1.13. The first-order chi connectivity index (χ1) is 8.77. The predicted octanol–water partition coefficient (Wildman–Crippen LogP) is 3.43. The molecule has 0 unspecified atom stereocenters. The van der Waals surface area contributed by atoms with Gasteiger partial charge in [0.25, 0.3) is 0 Å². The highest BCUT2D eigenvalue weighted by Crippen LogP contribution is 2.23. The first-order valence-corrected chi connectivity index (χ1v) is 4.87. The molecule has 1 N–H and O–H groups in total. The summed E-state index contributed by atoms with van der Waals surface area (Å²) in [5.74, 6) is -11.6. The van der Waals surface area contributed by atoms with Crippen molar-refractivity contribution in [2.75, 3.05) is 0 Å². The van der Waals surface area contributed by atoms with Crippen LogP contribution in [0.25, 0.3) is 6.08 Å². The summed E-state index contributed by atoms with van der Waals surface area (Å²) in [7, 11) is 0. The van der Waals surface area contributed by atoms with Gasteiger partial charge in [-0.15, -0.1) is 0 Å². The summed E-state index contributed by atoms with van der Waals surface area (Å²) in [5.41, 5.74) is -1.30. The average Bonchev–Trinajstić information content (AvgIpc) is 2.37. The van der Waals surface area contributed by atoms with E-state index in [9.17, 15) is 26.7 Å². The quantitative estimate of drug-likeness (QED) is 0.302. The van der Waals surface area contributed by atoms with Gasteiger partial charge < -0.3 is 5.11 Å². The lowest BCUT2D eigenvalue weighted by molar-refractivity contribution is -0.132. The van der Waals surface area contributed by atoms with Gasteiger partial charge in [-0.25, -0.2) is 26.7 Å². The van der Waals surface area contributed by atoms with E-state index in [4.69, 9.17) is 5.11 Å². The van der Waals surface area contributed by atoms with E-state index in [0.29, 0.717) is 6.08 Å². The smallest absolute Gasteiger partial charge is 0.331 e. The lowest BCUT2D eigenvalue weighted by Gasteiger charge is -2.03. The van der Waals surface area contributed by atoms with Gasteiger partial charge in [-0.3, -0.25) is 0 Å². The molecular formula is C12H7F5O2. The van der Waals surface area contributed by atoms with Gasteiger partial charge in [0.05, 0.1) is 5.56 Å². The van der Waals surface area contributed by atoms with Crippen molar-refractivity contribution in [3.63, 3.8) is 0 Å². The van der Waals surface area contributed by atoms with E-state index in [0.717, 1.165) is 12.2 Å². The number of carboxylic acid groups (broad SMARTS) is 1. The number of rotatable bonds is 3. The number of benzene rings is 1. The van der Waals surface area contributed by atoms with Crippen LogP contribution < -0.4 is 0 Å². The van der Waals surface area contributed by atoms with Gasteiger partial charge in [0, 0.05) is 5.57 Å². The van der Waals surface area contributed by atoms with Crippen molar-refractivity contribution in [2.45, 2.75) is 6.92 Å². The van der Waals surface area contributed by atoms with Gasteiger partial charge in [-0.1, -0.05) is 12.2 Å². The lowest BCUT2D eigenvalue weighted by atomic mass is 10.1. The third-order valence-electron chi connectivity index (χ3n) is 2.19. The summed E-state index contributed by atoms with van der Waals surface area (Å²) in [5, 5.41) is 8.49. The fraction of sp³-hybridized carbons (Fsp3) is 0.0833. The molecule has 19 heavy (non-hydrogen) atoms. The summed E-state index contributed by atoms with van der Waals surface area (Å²) in [6.45, 7) is 1.20. The molecular weight excluding hydrogens is 271 g/mol. The van der Waals surface area contributed by atoms with Crippen LogP contribution in [0.1, 0.15) is 12.5 Å². The zero-order valence-electron chi connectivity index (χ0n) is 9.48. The second-order valence-corrected chi connectivity index (χ2v) is 3.50. The van der Waals surface area contributed by atoms with E-state index in [1.165, 1.54) is 6.92 Å². The molecule has 0 aliphatic carbocycles. The molecule has 0 radical (unpaired) electrons. The number of carbonyl (C=O) groups is 1. The Kier molecular flexibility index (Phi) is 4.42. The van der Waals surface area contributed by atoms with Crippen LogP contribution in [0, 0.1) is 29.1 Å². The Morgan fingerprint density at radius 2 is 1.37 bits per heavy atom. The van der Waals surface area contributed by atoms with Gasteiger partial charge in [0.1, 0.15) is 0 Å². The molecule has 0 fully saturated rings. The van der Waals surface area contributed by atoms with Crippen molar-refractivity contribution in [1.82, 2.24) is 0 Å². The highest BCUT2D eigenvalue weighted by Gasteiger charge is 2.23. The molecule has 0 bridgehead atoms. The molecule has 1 aromatic carbocycles. The zero-order valence-corrected chi connectivity index (χ0v) is 9.48. The van der Waals surface area contributed by atoms with E-state index in [1.807, 2.05) is 0 Å². The molecule has 7 heteroatoms. The maximum atomic E-state index is 13.2. The maximum absolute atomic E-state index is 13.2. The zero-order chi connectivity index (χ0) is 14.7. The van der Waals surface area contributed by atoms with Crippen LogP contribution in [0.15, 0.2) is 17.7 Å². The van der Waals surface area contributed by atoms with Crippen molar-refractivity contribution in [1.29, 1.82) is 0 Å². The minimum atomic E-state index is -2.25. The first-order valence-electron chi connectivity index (χ1n) is 4.87. The van der Waals surface area contributed by atoms with Crippen molar-refractivity contribution in [3.05, 3.63) is 52.4 Å². The summed E-state index contributed by atoms with van der Waals surface area (Å²) in [6, 6.07) is 0. The summed E-state index contributed by atoms with van der Waals surface area (Å²) in [6.07, 6.45) is 2.44. The minimum absolute atomic E-state index is 0.167. The van der Waals surface area contributed by atoms with Crippen LogP contribution >= 0.6 is 0 Å². The van der Waals surface area contributed by atoms with Crippen molar-refractivity contribution < 1.29 is 31.9 Å². The van der Waals surface area contributed by atoms with E-state index in [2.05, 4.69) is 0 Å². The Hall–Kier alpha value is -2.18. The van der Waals surface area contributed by atoms with Gasteiger partial charge in [0.15, 0.2) is 23.3 Å². The maximum Gasteiger partial charge on any atom is 0.331 e. The molecule has 1 aromatic rings. The van der Waals surface area contributed by atoms with Crippen molar-refractivity contribution >= 4 is 12.0 Å². The summed E-state index contributed by atoms with van der Waals surface area (Å²) < 4.78 is 64.7. The van der Waals surface area contributed by atoms with E-state index in [1.54, 1.807) is 0 Å². The van der Waals surface area contributed by atoms with Crippen LogP contribution in [0.5, 0.6) is 0 Å². The van der Waals surface area contributed by atoms with Crippen molar-refractivity contribution in [3.8, 4) is 0 Å². The second kappa shape index (κ2) is 5.64. The first kappa shape index (κ1) is 14.9. The Morgan fingerprint density at radius 3 is 1.79 bits per heavy atom. The molecule has 0 aliphatic rings. The molecule has 0 heterocycles. The third-order valence-corrected chi connectivity index (χ3v) is 2.19. The van der Waals surface area contributed by atoms with Gasteiger partial charge >= 0.3 is 5.97 Å². The minimum Gasteiger partial charge on any atom is -0.478 e. The largest absolute Gasteiger partial charge is 0.478 e. The van der Waals surface area contributed by atoms with E-state index < -0.39 is 40.6 Å². The van der Waals surface area contributed by atoms with E-state index in [-0.39, 0.29) is 5.57 Å². The molecule has 102 valence electrons. The second-order valence-electron chi connectivity index (χ2n) is 3.50. The molecule has 0 aliphatic heterocycles.